The molecule has 1 N–H and O–H groups in total. The second kappa shape index (κ2) is 4.91. The van der Waals surface area contributed by atoms with Crippen LogP contribution in [0.25, 0.3) is 10.9 Å². The summed E-state index contributed by atoms with van der Waals surface area (Å²) in [5.74, 6) is 2.28. The second-order valence-electron chi connectivity index (χ2n) is 3.63. The molecule has 90 valence electrons. The van der Waals surface area contributed by atoms with E-state index in [0.29, 0.717) is 5.75 Å². The number of benzene rings is 1. The van der Waals surface area contributed by atoms with Crippen LogP contribution in [0.15, 0.2) is 24.3 Å². The molecule has 0 aliphatic carbocycles. The number of nitrogens with one attached hydrogen (secondary N) is 1. The average Bonchev–Trinajstić information content (AvgIpc) is 2.37. The third-order valence-corrected chi connectivity index (χ3v) is 2.55. The fraction of sp³-hybridized carbons (Fsp3) is 0.308. The zero-order valence-electron chi connectivity index (χ0n) is 10.3. The molecule has 17 heavy (non-hydrogen) atoms. The third kappa shape index (κ3) is 2.25. The normalized spacial score (nSPS) is 10.3. The number of methoxy groups -OCH3 is 2. The number of ether oxygens (including phenoxy) is 2. The number of aromatic nitrogens is 1. The van der Waals surface area contributed by atoms with Crippen molar-refractivity contribution in [1.29, 1.82) is 0 Å². The van der Waals surface area contributed by atoms with Crippen LogP contribution in [0.1, 0.15) is 6.92 Å². The fourth-order valence-electron chi connectivity index (χ4n) is 1.73. The number of hydrogen-bond acceptors (Lipinski definition) is 4. The first-order valence-electron chi connectivity index (χ1n) is 5.55. The van der Waals surface area contributed by atoms with Gasteiger partial charge in [-0.15, -0.1) is 0 Å². The van der Waals surface area contributed by atoms with E-state index >= 15 is 0 Å². The minimum Gasteiger partial charge on any atom is -0.493 e. The number of fused-ring (bicyclic) bond motifs is 1. The van der Waals surface area contributed by atoms with Crippen molar-refractivity contribution in [3.05, 3.63) is 24.3 Å². The van der Waals surface area contributed by atoms with Crippen LogP contribution in [-0.2, 0) is 0 Å². The van der Waals surface area contributed by atoms with Gasteiger partial charge in [0.25, 0.3) is 0 Å². The van der Waals surface area contributed by atoms with E-state index in [1.165, 1.54) is 0 Å². The van der Waals surface area contributed by atoms with Crippen molar-refractivity contribution in [2.75, 3.05) is 26.1 Å². The van der Waals surface area contributed by atoms with Crippen molar-refractivity contribution in [2.45, 2.75) is 6.92 Å². The molecule has 0 radical (unpaired) electrons. The van der Waals surface area contributed by atoms with Gasteiger partial charge in [-0.05, 0) is 25.1 Å². The summed E-state index contributed by atoms with van der Waals surface area (Å²) in [6, 6.07) is 7.78. The summed E-state index contributed by atoms with van der Waals surface area (Å²) in [6.45, 7) is 2.90. The van der Waals surface area contributed by atoms with E-state index in [4.69, 9.17) is 9.47 Å². The van der Waals surface area contributed by atoms with Crippen LogP contribution in [-0.4, -0.2) is 25.7 Å². The quantitative estimate of drug-likeness (QED) is 0.880. The summed E-state index contributed by atoms with van der Waals surface area (Å²) in [7, 11) is 3.25. The number of anilines is 1. The van der Waals surface area contributed by atoms with Gasteiger partial charge < -0.3 is 14.8 Å². The highest BCUT2D eigenvalue weighted by Gasteiger charge is 2.07. The Morgan fingerprint density at radius 2 is 1.82 bits per heavy atom. The van der Waals surface area contributed by atoms with Gasteiger partial charge in [0, 0.05) is 18.0 Å². The molecule has 4 heteroatoms. The minimum absolute atomic E-state index is 0.696. The summed E-state index contributed by atoms with van der Waals surface area (Å²) in [5, 5.41) is 4.21. The summed E-state index contributed by atoms with van der Waals surface area (Å²) < 4.78 is 10.5. The first-order chi connectivity index (χ1) is 8.28. The lowest BCUT2D eigenvalue weighted by atomic mass is 10.2. The molecule has 0 saturated heterocycles. The van der Waals surface area contributed by atoms with Crippen LogP contribution >= 0.6 is 0 Å². The van der Waals surface area contributed by atoms with E-state index in [-0.39, 0.29) is 0 Å². The van der Waals surface area contributed by atoms with Crippen LogP contribution in [0, 0.1) is 0 Å². The van der Waals surface area contributed by atoms with E-state index in [1.807, 2.05) is 31.2 Å². The molecule has 2 aromatic rings. The lowest BCUT2D eigenvalue weighted by Gasteiger charge is -2.09. The van der Waals surface area contributed by atoms with Crippen LogP contribution in [0.2, 0.25) is 0 Å². The molecule has 0 amide bonds. The predicted octanol–water partition coefficient (Wildman–Crippen LogP) is 2.68. The topological polar surface area (TPSA) is 43.4 Å². The maximum atomic E-state index is 5.26. The molecule has 0 unspecified atom stereocenters. The smallest absolute Gasteiger partial charge is 0.162 e. The van der Waals surface area contributed by atoms with E-state index in [0.717, 1.165) is 29.0 Å². The third-order valence-electron chi connectivity index (χ3n) is 2.55. The van der Waals surface area contributed by atoms with Crippen LogP contribution in [0.4, 0.5) is 5.82 Å². The van der Waals surface area contributed by atoms with Crippen LogP contribution in [0.3, 0.4) is 0 Å². The first-order valence-corrected chi connectivity index (χ1v) is 5.55. The maximum Gasteiger partial charge on any atom is 0.162 e. The van der Waals surface area contributed by atoms with Crippen LogP contribution in [0.5, 0.6) is 11.5 Å². The molecule has 0 aliphatic rings. The average molecular weight is 232 g/mol. The Labute approximate surface area is 101 Å². The molecule has 0 saturated carbocycles. The molecule has 1 aromatic heterocycles. The Kier molecular flexibility index (Phi) is 3.32. The number of hydrogen-bond donors (Lipinski definition) is 1. The molecule has 0 spiro atoms. The molecule has 4 nitrogen and oxygen atoms in total. The maximum absolute atomic E-state index is 5.26. The Balaban J connectivity index is 2.54. The van der Waals surface area contributed by atoms with Crippen molar-refractivity contribution in [2.24, 2.45) is 0 Å². The fourth-order valence-corrected chi connectivity index (χ4v) is 1.73. The monoisotopic (exact) mass is 232 g/mol. The zero-order chi connectivity index (χ0) is 12.3. The number of nitrogens with zero attached hydrogens (tertiary/aromatic N) is 1. The lowest BCUT2D eigenvalue weighted by molar-refractivity contribution is 0.356. The van der Waals surface area contributed by atoms with Gasteiger partial charge in [-0.2, -0.15) is 0 Å². The van der Waals surface area contributed by atoms with Gasteiger partial charge in [0.15, 0.2) is 11.5 Å². The van der Waals surface area contributed by atoms with Crippen molar-refractivity contribution in [1.82, 2.24) is 4.98 Å². The van der Waals surface area contributed by atoms with Gasteiger partial charge in [-0.1, -0.05) is 0 Å². The highest BCUT2D eigenvalue weighted by atomic mass is 16.5. The van der Waals surface area contributed by atoms with Gasteiger partial charge in [-0.3, -0.25) is 0 Å². The summed E-state index contributed by atoms with van der Waals surface area (Å²) in [5.41, 5.74) is 0.890. The van der Waals surface area contributed by atoms with E-state index in [9.17, 15) is 0 Å². The van der Waals surface area contributed by atoms with E-state index in [1.54, 1.807) is 14.2 Å². The van der Waals surface area contributed by atoms with Gasteiger partial charge in [0.2, 0.25) is 0 Å². The largest absolute Gasteiger partial charge is 0.493 e. The first kappa shape index (κ1) is 11.5. The molecule has 0 bridgehead atoms. The molecule has 2 rings (SSSR count). The van der Waals surface area contributed by atoms with Crippen molar-refractivity contribution < 1.29 is 9.47 Å². The molecule has 1 aromatic carbocycles. The second-order valence-corrected chi connectivity index (χ2v) is 3.63. The minimum atomic E-state index is 0.696. The summed E-state index contributed by atoms with van der Waals surface area (Å²) in [4.78, 5) is 4.50. The Bertz CT molecular complexity index is 526. The molecule has 0 atom stereocenters. The Hall–Kier alpha value is -1.97. The zero-order valence-corrected chi connectivity index (χ0v) is 10.3. The van der Waals surface area contributed by atoms with Gasteiger partial charge >= 0.3 is 0 Å². The van der Waals surface area contributed by atoms with Gasteiger partial charge in [-0.25, -0.2) is 4.98 Å². The number of rotatable bonds is 4. The standard InChI is InChI=1S/C13H16N2O2/c1-4-14-13-6-5-9-7-11(16-2)12(17-3)8-10(9)15-13/h5-8H,4H2,1-3H3,(H,14,15). The molecular weight excluding hydrogens is 216 g/mol. The van der Waals surface area contributed by atoms with E-state index < -0.39 is 0 Å². The van der Waals surface area contributed by atoms with Crippen molar-refractivity contribution in [3.63, 3.8) is 0 Å². The van der Waals surface area contributed by atoms with E-state index in [2.05, 4.69) is 10.3 Å². The lowest BCUT2D eigenvalue weighted by Crippen LogP contribution is -1.99. The highest BCUT2D eigenvalue weighted by Crippen LogP contribution is 2.31. The Morgan fingerprint density at radius 1 is 1.12 bits per heavy atom. The highest BCUT2D eigenvalue weighted by molar-refractivity contribution is 5.84. The molecule has 1 heterocycles. The summed E-state index contributed by atoms with van der Waals surface area (Å²) in [6.07, 6.45) is 0. The number of pyridine rings is 1. The predicted molar refractivity (Wildman–Crippen MR) is 69.0 cm³/mol. The molecular formula is C13H16N2O2. The Morgan fingerprint density at radius 3 is 2.47 bits per heavy atom. The van der Waals surface area contributed by atoms with Gasteiger partial charge in [0.05, 0.1) is 19.7 Å². The van der Waals surface area contributed by atoms with Gasteiger partial charge in [0.1, 0.15) is 5.82 Å². The molecule has 0 aliphatic heterocycles. The molecule has 0 fully saturated rings. The SMILES string of the molecule is CCNc1ccc2cc(OC)c(OC)cc2n1. The van der Waals surface area contributed by atoms with Crippen molar-refractivity contribution in [3.8, 4) is 11.5 Å². The summed E-state index contributed by atoms with van der Waals surface area (Å²) >= 11 is 0. The van der Waals surface area contributed by atoms with Crippen molar-refractivity contribution >= 4 is 16.7 Å². The van der Waals surface area contributed by atoms with Crippen LogP contribution < -0.4 is 14.8 Å².